The molecule has 0 radical (unpaired) electrons. The molecule has 0 saturated carbocycles. The van der Waals surface area contributed by atoms with Gasteiger partial charge in [0.2, 0.25) is 0 Å². The average Bonchev–Trinajstić information content (AvgIpc) is 2.82. The second-order valence-electron chi connectivity index (χ2n) is 7.60. The lowest BCUT2D eigenvalue weighted by Gasteiger charge is -2.20. The van der Waals surface area contributed by atoms with Crippen molar-refractivity contribution in [2.45, 2.75) is 39.2 Å². The van der Waals surface area contributed by atoms with E-state index in [1.807, 2.05) is 37.4 Å². The van der Waals surface area contributed by atoms with Gasteiger partial charge in [-0.3, -0.25) is 9.59 Å². The zero-order chi connectivity index (χ0) is 25.8. The van der Waals surface area contributed by atoms with Gasteiger partial charge >= 0.3 is 11.9 Å². The Labute approximate surface area is 227 Å². The van der Waals surface area contributed by atoms with E-state index in [-0.39, 0.29) is 52.5 Å². The van der Waals surface area contributed by atoms with E-state index in [9.17, 15) is 14.4 Å². The van der Waals surface area contributed by atoms with E-state index in [0.29, 0.717) is 6.61 Å². The summed E-state index contributed by atoms with van der Waals surface area (Å²) in [7, 11) is 1.86. The smallest absolute Gasteiger partial charge is 0.328 e. The minimum absolute atomic E-state index is 0. The lowest BCUT2D eigenvalue weighted by molar-refractivity contribution is -0.145. The number of unbranched alkanes of at least 4 members (excludes halogenated alkanes) is 1. The molecular formula is C25H31Cl3N2O6. The van der Waals surface area contributed by atoms with Crippen molar-refractivity contribution in [1.29, 1.82) is 0 Å². The molecule has 198 valence electrons. The summed E-state index contributed by atoms with van der Waals surface area (Å²) in [6.45, 7) is 4.16. The highest BCUT2D eigenvalue weighted by molar-refractivity contribution is 6.39. The normalized spacial score (nSPS) is 11.1. The number of carbonyl (C=O) groups is 3. The standard InChI is InChI=1S/C25H30Cl2N2O6.ClH/c1-4-33-25(32)20(14-17-10-6-5-7-11-17)29-24(31)18-15-19(26)23(34-13-9-8-12-28-3)21(27)22(18)35-16(2)30;/h5-7,10-11,15,20,28H,4,8-9,12-14H2,1-3H3,(H,29,31);1H/t20-;/m0./s1. The molecule has 0 heterocycles. The Kier molecular flexibility index (Phi) is 14.2. The maximum absolute atomic E-state index is 13.2. The van der Waals surface area contributed by atoms with Gasteiger partial charge in [0, 0.05) is 13.3 Å². The Hall–Kier alpha value is -2.52. The molecular weight excluding hydrogens is 531 g/mol. The molecule has 0 aliphatic heterocycles. The number of ether oxygens (including phenoxy) is 3. The number of halogens is 3. The molecule has 0 bridgehead atoms. The molecule has 0 aromatic heterocycles. The molecule has 2 rings (SSSR count). The Morgan fingerprint density at radius 3 is 2.36 bits per heavy atom. The number of amides is 1. The van der Waals surface area contributed by atoms with Crippen LogP contribution in [0.3, 0.4) is 0 Å². The number of nitrogens with one attached hydrogen (secondary N) is 2. The fourth-order valence-corrected chi connectivity index (χ4v) is 3.83. The van der Waals surface area contributed by atoms with Crippen molar-refractivity contribution in [3.8, 4) is 11.5 Å². The molecule has 2 aromatic rings. The summed E-state index contributed by atoms with van der Waals surface area (Å²) in [4.78, 5) is 37.5. The number of rotatable bonds is 13. The van der Waals surface area contributed by atoms with Crippen LogP contribution in [0.2, 0.25) is 10.0 Å². The van der Waals surface area contributed by atoms with Crippen LogP contribution >= 0.6 is 35.6 Å². The summed E-state index contributed by atoms with van der Waals surface area (Å²) in [5.74, 6) is -2.09. The average molecular weight is 562 g/mol. The second-order valence-corrected chi connectivity index (χ2v) is 8.38. The first-order chi connectivity index (χ1) is 16.8. The van der Waals surface area contributed by atoms with Gasteiger partial charge in [0.25, 0.3) is 5.91 Å². The second kappa shape index (κ2) is 16.3. The van der Waals surface area contributed by atoms with Gasteiger partial charge in [0.1, 0.15) is 11.1 Å². The highest BCUT2D eigenvalue weighted by Crippen LogP contribution is 2.43. The highest BCUT2D eigenvalue weighted by Gasteiger charge is 2.28. The van der Waals surface area contributed by atoms with Crippen LogP contribution < -0.4 is 20.1 Å². The Morgan fingerprint density at radius 2 is 1.75 bits per heavy atom. The van der Waals surface area contributed by atoms with E-state index in [0.717, 1.165) is 24.9 Å². The molecule has 2 N–H and O–H groups in total. The van der Waals surface area contributed by atoms with Gasteiger partial charge in [0.05, 0.1) is 23.8 Å². The monoisotopic (exact) mass is 560 g/mol. The van der Waals surface area contributed by atoms with E-state index >= 15 is 0 Å². The Balaban J connectivity index is 0.00000648. The van der Waals surface area contributed by atoms with Crippen molar-refractivity contribution in [2.75, 3.05) is 26.8 Å². The minimum atomic E-state index is -0.990. The fourth-order valence-electron chi connectivity index (χ4n) is 3.23. The zero-order valence-corrected chi connectivity index (χ0v) is 22.7. The number of benzene rings is 2. The van der Waals surface area contributed by atoms with E-state index in [1.165, 1.54) is 13.0 Å². The number of hydrogen-bond donors (Lipinski definition) is 2. The third-order valence-electron chi connectivity index (χ3n) is 4.85. The van der Waals surface area contributed by atoms with Crippen LogP contribution in [0.15, 0.2) is 36.4 Å². The van der Waals surface area contributed by atoms with Crippen molar-refractivity contribution in [3.63, 3.8) is 0 Å². The van der Waals surface area contributed by atoms with Crippen molar-refractivity contribution < 1.29 is 28.6 Å². The van der Waals surface area contributed by atoms with Gasteiger partial charge in [-0.2, -0.15) is 0 Å². The van der Waals surface area contributed by atoms with Crippen LogP contribution in [0.25, 0.3) is 0 Å². The molecule has 0 fully saturated rings. The third kappa shape index (κ3) is 9.50. The first-order valence-corrected chi connectivity index (χ1v) is 12.0. The van der Waals surface area contributed by atoms with Gasteiger partial charge in [0.15, 0.2) is 11.5 Å². The molecule has 0 spiro atoms. The lowest BCUT2D eigenvalue weighted by Crippen LogP contribution is -2.43. The molecule has 8 nitrogen and oxygen atoms in total. The van der Waals surface area contributed by atoms with Crippen molar-refractivity contribution >= 4 is 53.5 Å². The maximum Gasteiger partial charge on any atom is 0.328 e. The molecule has 1 atom stereocenters. The molecule has 2 aromatic carbocycles. The molecule has 0 aliphatic carbocycles. The molecule has 0 unspecified atom stereocenters. The van der Waals surface area contributed by atoms with Crippen molar-refractivity contribution in [2.24, 2.45) is 0 Å². The Bertz CT molecular complexity index is 1020. The first kappa shape index (κ1) is 31.5. The van der Waals surface area contributed by atoms with Gasteiger partial charge in [-0.05, 0) is 45.0 Å². The third-order valence-corrected chi connectivity index (χ3v) is 5.47. The predicted molar refractivity (Wildman–Crippen MR) is 142 cm³/mol. The van der Waals surface area contributed by atoms with E-state index in [4.69, 9.17) is 37.4 Å². The summed E-state index contributed by atoms with van der Waals surface area (Å²) >= 11 is 12.8. The highest BCUT2D eigenvalue weighted by atomic mass is 35.5. The quantitative estimate of drug-likeness (QED) is 0.209. The lowest BCUT2D eigenvalue weighted by atomic mass is 10.0. The largest absolute Gasteiger partial charge is 0.490 e. The van der Waals surface area contributed by atoms with E-state index in [2.05, 4.69) is 10.6 Å². The molecule has 0 aliphatic rings. The maximum atomic E-state index is 13.2. The van der Waals surface area contributed by atoms with Crippen LogP contribution in [0.1, 0.15) is 42.6 Å². The van der Waals surface area contributed by atoms with Gasteiger partial charge in [-0.25, -0.2) is 4.79 Å². The zero-order valence-electron chi connectivity index (χ0n) is 20.4. The van der Waals surface area contributed by atoms with Crippen LogP contribution in [-0.4, -0.2) is 50.7 Å². The van der Waals surface area contributed by atoms with Crippen LogP contribution in [0, 0.1) is 0 Å². The summed E-state index contributed by atoms with van der Waals surface area (Å²) in [5.41, 5.74) is 0.712. The summed E-state index contributed by atoms with van der Waals surface area (Å²) in [6, 6.07) is 9.48. The van der Waals surface area contributed by atoms with E-state index in [1.54, 1.807) is 6.92 Å². The fraction of sp³-hybridized carbons (Fsp3) is 0.400. The van der Waals surface area contributed by atoms with Crippen LogP contribution in [0.4, 0.5) is 0 Å². The molecule has 0 saturated heterocycles. The molecule has 11 heteroatoms. The van der Waals surface area contributed by atoms with Crippen molar-refractivity contribution in [3.05, 3.63) is 57.6 Å². The number of carbonyl (C=O) groups excluding carboxylic acids is 3. The SMILES string of the molecule is CCOC(=O)[C@H](Cc1ccccc1)NC(=O)c1cc(Cl)c(OCCCCNC)c(Cl)c1OC(C)=O.Cl. The van der Waals surface area contributed by atoms with Crippen LogP contribution in [-0.2, 0) is 20.7 Å². The molecule has 36 heavy (non-hydrogen) atoms. The predicted octanol–water partition coefficient (Wildman–Crippen LogP) is 4.62. The summed E-state index contributed by atoms with van der Waals surface area (Å²) in [6.07, 6.45) is 1.81. The van der Waals surface area contributed by atoms with Crippen LogP contribution in [0.5, 0.6) is 11.5 Å². The number of esters is 2. The minimum Gasteiger partial charge on any atom is -0.490 e. The van der Waals surface area contributed by atoms with Crippen molar-refractivity contribution in [1.82, 2.24) is 10.6 Å². The first-order valence-electron chi connectivity index (χ1n) is 11.3. The summed E-state index contributed by atoms with van der Waals surface area (Å²) in [5, 5.41) is 5.65. The van der Waals surface area contributed by atoms with Gasteiger partial charge in [-0.15, -0.1) is 12.4 Å². The van der Waals surface area contributed by atoms with E-state index < -0.39 is 23.9 Å². The topological polar surface area (TPSA) is 103 Å². The molecule has 1 amide bonds. The van der Waals surface area contributed by atoms with Gasteiger partial charge in [-0.1, -0.05) is 53.5 Å². The van der Waals surface area contributed by atoms with Gasteiger partial charge < -0.3 is 24.8 Å². The Morgan fingerprint density at radius 1 is 1.06 bits per heavy atom. The summed E-state index contributed by atoms with van der Waals surface area (Å²) < 4.78 is 16.1. The number of hydrogen-bond acceptors (Lipinski definition) is 7.